The van der Waals surface area contributed by atoms with E-state index in [0.717, 1.165) is 16.2 Å². The smallest absolute Gasteiger partial charge is 0.254 e. The number of rotatable bonds is 12. The van der Waals surface area contributed by atoms with E-state index >= 15 is 0 Å². The quantitative estimate of drug-likeness (QED) is 0.161. The predicted octanol–water partition coefficient (Wildman–Crippen LogP) is 5.89. The van der Waals surface area contributed by atoms with Crippen LogP contribution in [0.25, 0.3) is 5.69 Å². The van der Waals surface area contributed by atoms with Crippen LogP contribution in [0.5, 0.6) is 17.2 Å². The van der Waals surface area contributed by atoms with Gasteiger partial charge in [0, 0.05) is 12.0 Å². The van der Waals surface area contributed by atoms with Crippen molar-refractivity contribution in [3.05, 3.63) is 112 Å². The highest BCUT2D eigenvalue weighted by atomic mass is 32.2. The number of thioether (sulfide) groups is 1. The maximum atomic E-state index is 14.3. The van der Waals surface area contributed by atoms with Gasteiger partial charge in [0.2, 0.25) is 0 Å². The number of carbonyl (C=O) groups is 2. The number of thiophene rings is 1. The van der Waals surface area contributed by atoms with Crippen molar-refractivity contribution in [2.24, 2.45) is 5.10 Å². The van der Waals surface area contributed by atoms with E-state index in [0.29, 0.717) is 40.3 Å². The number of hydrogen-bond donors (Lipinski definition) is 1. The molecule has 0 aliphatic carbocycles. The molecule has 11 nitrogen and oxygen atoms in total. The third kappa shape index (κ3) is 6.62. The second-order valence-electron chi connectivity index (χ2n) is 10.4. The molecule has 3 aromatic carbocycles. The Hall–Kier alpha value is -5.21. The number of amides is 2. The molecule has 0 fully saturated rings. The minimum atomic E-state index is -0.632. The van der Waals surface area contributed by atoms with Crippen LogP contribution < -0.4 is 19.5 Å². The summed E-state index contributed by atoms with van der Waals surface area (Å²) < 4.78 is 32.9. The van der Waals surface area contributed by atoms with Gasteiger partial charge in [0.15, 0.2) is 22.5 Å². The molecule has 5 aromatic rings. The first kappa shape index (κ1) is 32.7. The van der Waals surface area contributed by atoms with Gasteiger partial charge in [0.05, 0.1) is 61.5 Å². The number of carbonyl (C=O) groups excluding carboxylic acids is 2. The highest BCUT2D eigenvalue weighted by Crippen LogP contribution is 2.42. The van der Waals surface area contributed by atoms with E-state index in [-0.39, 0.29) is 23.8 Å². The standard InChI is InChI=1S/C34H31FN6O5S2/c1-44-27-14-7-6-13-25(27)40-30(19-36-33(43)21-10-4-5-12-23(21)35)37-38-34(40)48-20-31(42)41-26(18-24(39-41)29-16-9-17-47-29)22-11-8-15-28(45-2)32(22)46-3/h4-17,26H,18-20H2,1-3H3,(H,36,43). The zero-order chi connectivity index (χ0) is 33.6. The van der Waals surface area contributed by atoms with E-state index in [1.807, 2.05) is 47.8 Å². The molecule has 0 saturated carbocycles. The first-order chi connectivity index (χ1) is 23.4. The molecule has 2 amide bonds. The van der Waals surface area contributed by atoms with Gasteiger partial charge in [-0.2, -0.15) is 5.10 Å². The Kier molecular flexibility index (Phi) is 10.0. The topological polar surface area (TPSA) is 120 Å². The molecule has 1 atom stereocenters. The molecular formula is C34H31FN6O5S2. The Morgan fingerprint density at radius 2 is 1.71 bits per heavy atom. The number of methoxy groups -OCH3 is 3. The van der Waals surface area contributed by atoms with E-state index in [9.17, 15) is 14.0 Å². The Bertz CT molecular complexity index is 1970. The highest BCUT2D eigenvalue weighted by Gasteiger charge is 2.36. The van der Waals surface area contributed by atoms with Crippen LogP contribution in [0.1, 0.15) is 39.1 Å². The fraction of sp³-hybridized carbons (Fsp3) is 0.206. The van der Waals surface area contributed by atoms with Crippen LogP contribution in [0.2, 0.25) is 0 Å². The summed E-state index contributed by atoms with van der Waals surface area (Å²) in [4.78, 5) is 27.8. The zero-order valence-electron chi connectivity index (χ0n) is 26.3. The number of aromatic nitrogens is 3. The Morgan fingerprint density at radius 3 is 2.46 bits per heavy atom. The summed E-state index contributed by atoms with van der Waals surface area (Å²) in [6.07, 6.45) is 0.490. The highest BCUT2D eigenvalue weighted by molar-refractivity contribution is 7.99. The van der Waals surface area contributed by atoms with Crippen molar-refractivity contribution >= 4 is 40.6 Å². The number of nitrogens with one attached hydrogen (secondary N) is 1. The minimum Gasteiger partial charge on any atom is -0.495 e. The maximum Gasteiger partial charge on any atom is 0.254 e. The van der Waals surface area contributed by atoms with Gasteiger partial charge in [-0.1, -0.05) is 54.2 Å². The Balaban J connectivity index is 1.29. The van der Waals surface area contributed by atoms with E-state index in [2.05, 4.69) is 15.5 Å². The second kappa shape index (κ2) is 14.7. The van der Waals surface area contributed by atoms with Gasteiger partial charge in [-0.3, -0.25) is 14.2 Å². The molecule has 6 rings (SSSR count). The van der Waals surface area contributed by atoms with Gasteiger partial charge in [-0.25, -0.2) is 9.40 Å². The summed E-state index contributed by atoms with van der Waals surface area (Å²) in [5, 5.41) is 20.1. The van der Waals surface area contributed by atoms with Crippen LogP contribution >= 0.6 is 23.1 Å². The summed E-state index contributed by atoms with van der Waals surface area (Å²) in [7, 11) is 4.68. The number of para-hydroxylation sites is 3. The summed E-state index contributed by atoms with van der Waals surface area (Å²) in [6, 6.07) is 22.1. The van der Waals surface area contributed by atoms with Gasteiger partial charge in [-0.05, 0) is 41.8 Å². The van der Waals surface area contributed by atoms with Crippen molar-refractivity contribution in [2.45, 2.75) is 24.2 Å². The lowest BCUT2D eigenvalue weighted by atomic mass is 9.99. The first-order valence-corrected chi connectivity index (χ1v) is 16.7. The molecule has 0 radical (unpaired) electrons. The minimum absolute atomic E-state index is 0.0289. The van der Waals surface area contributed by atoms with Crippen LogP contribution in [0.15, 0.2) is 94.5 Å². The van der Waals surface area contributed by atoms with Crippen molar-refractivity contribution in [2.75, 3.05) is 27.1 Å². The number of hydrazone groups is 1. The molecule has 1 aliphatic heterocycles. The number of halogens is 1. The van der Waals surface area contributed by atoms with Gasteiger partial charge in [0.1, 0.15) is 11.6 Å². The molecule has 2 aromatic heterocycles. The lowest BCUT2D eigenvalue weighted by molar-refractivity contribution is -0.130. The molecule has 1 N–H and O–H groups in total. The summed E-state index contributed by atoms with van der Waals surface area (Å²) in [5.74, 6) is 0.465. The maximum absolute atomic E-state index is 14.3. The predicted molar refractivity (Wildman–Crippen MR) is 181 cm³/mol. The molecular weight excluding hydrogens is 656 g/mol. The normalized spacial score (nSPS) is 14.0. The van der Waals surface area contributed by atoms with E-state index < -0.39 is 17.8 Å². The molecule has 3 heterocycles. The second-order valence-corrected chi connectivity index (χ2v) is 12.3. The van der Waals surface area contributed by atoms with Crippen LogP contribution in [0.4, 0.5) is 4.39 Å². The van der Waals surface area contributed by atoms with Crippen molar-refractivity contribution in [3.8, 4) is 22.9 Å². The molecule has 0 saturated heterocycles. The molecule has 48 heavy (non-hydrogen) atoms. The Labute approximate surface area is 284 Å². The van der Waals surface area contributed by atoms with Gasteiger partial charge < -0.3 is 19.5 Å². The van der Waals surface area contributed by atoms with E-state index in [4.69, 9.17) is 19.3 Å². The van der Waals surface area contributed by atoms with Crippen LogP contribution in [-0.4, -0.2) is 64.4 Å². The van der Waals surface area contributed by atoms with Gasteiger partial charge in [0.25, 0.3) is 11.8 Å². The fourth-order valence-electron chi connectivity index (χ4n) is 5.41. The van der Waals surface area contributed by atoms with Crippen molar-refractivity contribution in [3.63, 3.8) is 0 Å². The SMILES string of the molecule is COc1ccccc1-n1c(CNC(=O)c2ccccc2F)nnc1SCC(=O)N1N=C(c2cccs2)CC1c1cccc(OC)c1OC. The largest absolute Gasteiger partial charge is 0.495 e. The Morgan fingerprint density at radius 1 is 0.938 bits per heavy atom. The third-order valence-corrected chi connectivity index (χ3v) is 9.47. The fourth-order valence-corrected chi connectivity index (χ4v) is 6.94. The average molecular weight is 687 g/mol. The number of hydrogen-bond acceptors (Lipinski definition) is 10. The van der Waals surface area contributed by atoms with Crippen molar-refractivity contribution in [1.29, 1.82) is 0 Å². The molecule has 1 aliphatic rings. The lowest BCUT2D eigenvalue weighted by Crippen LogP contribution is -2.29. The monoisotopic (exact) mass is 686 g/mol. The third-order valence-electron chi connectivity index (χ3n) is 7.64. The van der Waals surface area contributed by atoms with E-state index in [1.54, 1.807) is 55.4 Å². The van der Waals surface area contributed by atoms with Gasteiger partial charge >= 0.3 is 0 Å². The van der Waals surface area contributed by atoms with Gasteiger partial charge in [-0.15, -0.1) is 21.5 Å². The first-order valence-electron chi connectivity index (χ1n) is 14.8. The summed E-state index contributed by atoms with van der Waals surface area (Å²) in [6.45, 7) is -0.0645. The van der Waals surface area contributed by atoms with Crippen LogP contribution in [0, 0.1) is 5.82 Å². The summed E-state index contributed by atoms with van der Waals surface area (Å²) in [5.41, 5.74) is 2.09. The van der Waals surface area contributed by atoms with Crippen molar-refractivity contribution < 1.29 is 28.2 Å². The van der Waals surface area contributed by atoms with Crippen LogP contribution in [0.3, 0.4) is 0 Å². The molecule has 1 unspecified atom stereocenters. The molecule has 14 heteroatoms. The lowest BCUT2D eigenvalue weighted by Gasteiger charge is -2.24. The van der Waals surface area contributed by atoms with Crippen molar-refractivity contribution in [1.82, 2.24) is 25.1 Å². The molecule has 0 spiro atoms. The molecule has 246 valence electrons. The number of benzene rings is 3. The average Bonchev–Trinajstić information content (AvgIpc) is 3.90. The van der Waals surface area contributed by atoms with E-state index in [1.165, 1.54) is 35.0 Å². The molecule has 0 bridgehead atoms. The summed E-state index contributed by atoms with van der Waals surface area (Å²) >= 11 is 2.73. The number of nitrogens with zero attached hydrogens (tertiary/aromatic N) is 5. The zero-order valence-corrected chi connectivity index (χ0v) is 27.9. The number of ether oxygens (including phenoxy) is 3. The van der Waals surface area contributed by atoms with Crippen LogP contribution in [-0.2, 0) is 11.3 Å².